The van der Waals surface area contributed by atoms with Crippen molar-refractivity contribution in [3.8, 4) is 11.8 Å². The summed E-state index contributed by atoms with van der Waals surface area (Å²) in [7, 11) is 0. The molecule has 3 fully saturated rings. The Kier molecular flexibility index (Phi) is 9.63. The first kappa shape index (κ1) is 35.0. The summed E-state index contributed by atoms with van der Waals surface area (Å²) in [6.07, 6.45) is -2.79. The first-order chi connectivity index (χ1) is 25.0. The molecule has 4 aliphatic rings. The Morgan fingerprint density at radius 2 is 1.44 bits per heavy atom. The quantitative estimate of drug-likeness (QED) is 0.335. The number of rotatable bonds is 8. The molecule has 1 unspecified atom stereocenters. The van der Waals surface area contributed by atoms with Crippen molar-refractivity contribution in [1.29, 1.82) is 5.26 Å². The monoisotopic (exact) mass is 714 g/mol. The highest BCUT2D eigenvalue weighted by atomic mass is 19.4. The Morgan fingerprint density at radius 3 is 2.12 bits per heavy atom. The van der Waals surface area contributed by atoms with Gasteiger partial charge in [-0.15, -0.1) is 0 Å². The van der Waals surface area contributed by atoms with E-state index in [1.165, 1.54) is 11.6 Å². The number of benzene rings is 3. The summed E-state index contributed by atoms with van der Waals surface area (Å²) in [4.78, 5) is 57.6. The number of alkyl halides is 3. The van der Waals surface area contributed by atoms with Crippen LogP contribution in [0.2, 0.25) is 0 Å². The number of anilines is 2. The molecule has 270 valence electrons. The van der Waals surface area contributed by atoms with Gasteiger partial charge in [0, 0.05) is 63.6 Å². The van der Waals surface area contributed by atoms with Gasteiger partial charge in [-0.1, -0.05) is 12.1 Å². The second kappa shape index (κ2) is 14.3. The van der Waals surface area contributed by atoms with Crippen LogP contribution in [0.25, 0.3) is 0 Å². The van der Waals surface area contributed by atoms with E-state index in [1.54, 1.807) is 24.3 Å². The SMILES string of the molecule is N#Cc1ccc(N2CCC(c3ccc(OCCN4CCN(c5ccc6c(c5)C(=O)N(C5CCC(=O)NC5=O)C6=O)CC4)cc3)CC2)cc1C(F)(F)F. The van der Waals surface area contributed by atoms with E-state index in [0.717, 1.165) is 68.0 Å². The van der Waals surface area contributed by atoms with Crippen molar-refractivity contribution in [3.05, 3.63) is 88.5 Å². The molecule has 52 heavy (non-hydrogen) atoms. The van der Waals surface area contributed by atoms with E-state index in [1.807, 2.05) is 23.1 Å². The molecule has 4 aliphatic heterocycles. The maximum Gasteiger partial charge on any atom is 0.417 e. The minimum atomic E-state index is -4.58. The summed E-state index contributed by atoms with van der Waals surface area (Å²) in [5, 5.41) is 11.3. The standard InChI is InChI=1S/C38H37F3N6O5/c39-38(40,41)32-22-28(4-1-26(32)23-42)45-13-11-25(12-14-45)24-2-6-29(7-3-24)52-20-19-44-15-17-46(18-16-44)27-5-8-30-31(21-27)37(51)47(36(30)50)33-9-10-34(48)43-35(33)49/h1-8,21-22,25,33H,9-20H2,(H,43,48,49). The van der Waals surface area contributed by atoms with E-state index in [4.69, 9.17) is 10.00 Å². The van der Waals surface area contributed by atoms with Crippen LogP contribution in [-0.2, 0) is 15.8 Å². The maximum absolute atomic E-state index is 13.4. The van der Waals surface area contributed by atoms with Crippen LogP contribution in [-0.4, -0.2) is 91.9 Å². The summed E-state index contributed by atoms with van der Waals surface area (Å²) in [5.41, 5.74) is 1.74. The van der Waals surface area contributed by atoms with Gasteiger partial charge in [-0.3, -0.25) is 34.3 Å². The van der Waals surface area contributed by atoms with Gasteiger partial charge in [0.05, 0.1) is 28.3 Å². The smallest absolute Gasteiger partial charge is 0.417 e. The number of amides is 4. The van der Waals surface area contributed by atoms with E-state index in [2.05, 4.69) is 27.2 Å². The van der Waals surface area contributed by atoms with Crippen molar-refractivity contribution in [2.75, 3.05) is 62.2 Å². The number of carbonyl (C=O) groups excluding carboxylic acids is 4. The predicted octanol–water partition coefficient (Wildman–Crippen LogP) is 4.56. The molecule has 0 aliphatic carbocycles. The van der Waals surface area contributed by atoms with Gasteiger partial charge < -0.3 is 14.5 Å². The topological polar surface area (TPSA) is 126 Å². The lowest BCUT2D eigenvalue weighted by Crippen LogP contribution is -2.54. The molecule has 4 heterocycles. The zero-order valence-corrected chi connectivity index (χ0v) is 28.3. The number of nitrogens with zero attached hydrogens (tertiary/aromatic N) is 5. The lowest BCUT2D eigenvalue weighted by atomic mass is 9.89. The van der Waals surface area contributed by atoms with Gasteiger partial charge in [0.1, 0.15) is 18.4 Å². The van der Waals surface area contributed by atoms with Crippen molar-refractivity contribution < 1.29 is 37.1 Å². The summed E-state index contributed by atoms with van der Waals surface area (Å²) in [5.74, 6) is -1.02. The number of nitrogens with one attached hydrogen (secondary N) is 1. The Bertz CT molecular complexity index is 1930. The van der Waals surface area contributed by atoms with Crippen molar-refractivity contribution >= 4 is 35.0 Å². The van der Waals surface area contributed by atoms with E-state index in [0.29, 0.717) is 25.4 Å². The van der Waals surface area contributed by atoms with Gasteiger partial charge in [-0.2, -0.15) is 18.4 Å². The molecular weight excluding hydrogens is 677 g/mol. The van der Waals surface area contributed by atoms with Crippen molar-refractivity contribution in [2.24, 2.45) is 0 Å². The molecule has 3 aromatic rings. The third-order valence-corrected chi connectivity index (χ3v) is 10.5. The average molecular weight is 715 g/mol. The molecule has 3 aromatic carbocycles. The Labute approximate surface area is 298 Å². The van der Waals surface area contributed by atoms with Gasteiger partial charge in [-0.25, -0.2) is 0 Å². The fourth-order valence-electron chi connectivity index (χ4n) is 7.55. The fraction of sp³-hybridized carbons (Fsp3) is 0.395. The van der Waals surface area contributed by atoms with E-state index < -0.39 is 41.4 Å². The number of halogens is 3. The number of ether oxygens (including phenoxy) is 1. The van der Waals surface area contributed by atoms with Crippen molar-refractivity contribution in [3.63, 3.8) is 0 Å². The van der Waals surface area contributed by atoms with Crippen LogP contribution >= 0.6 is 0 Å². The van der Waals surface area contributed by atoms with Crippen molar-refractivity contribution in [2.45, 2.75) is 43.8 Å². The largest absolute Gasteiger partial charge is 0.492 e. The van der Waals surface area contributed by atoms with Crippen LogP contribution in [0.1, 0.15) is 69.0 Å². The van der Waals surface area contributed by atoms with Crippen LogP contribution in [0, 0.1) is 11.3 Å². The van der Waals surface area contributed by atoms with E-state index in [9.17, 15) is 32.3 Å². The first-order valence-corrected chi connectivity index (χ1v) is 17.4. The molecule has 1 N–H and O–H groups in total. The van der Waals surface area contributed by atoms with E-state index in [-0.39, 0.29) is 35.4 Å². The van der Waals surface area contributed by atoms with Gasteiger partial charge in [0.2, 0.25) is 11.8 Å². The number of hydrogen-bond acceptors (Lipinski definition) is 9. The minimum absolute atomic E-state index is 0.0730. The van der Waals surface area contributed by atoms with Crippen LogP contribution in [0.15, 0.2) is 60.7 Å². The second-order valence-corrected chi connectivity index (χ2v) is 13.5. The summed E-state index contributed by atoms with van der Waals surface area (Å²) in [6.45, 7) is 5.49. The third-order valence-electron chi connectivity index (χ3n) is 10.5. The zero-order chi connectivity index (χ0) is 36.6. The predicted molar refractivity (Wildman–Crippen MR) is 184 cm³/mol. The number of nitriles is 1. The number of imide groups is 2. The lowest BCUT2D eigenvalue weighted by molar-refractivity contribution is -0.138. The zero-order valence-electron chi connectivity index (χ0n) is 28.3. The highest BCUT2D eigenvalue weighted by Crippen LogP contribution is 2.37. The Balaban J connectivity index is 0.856. The molecule has 4 amide bonds. The lowest BCUT2D eigenvalue weighted by Gasteiger charge is -2.36. The molecule has 0 radical (unpaired) electrons. The molecule has 0 spiro atoms. The number of carbonyl (C=O) groups is 4. The van der Waals surface area contributed by atoms with Crippen LogP contribution in [0.4, 0.5) is 24.5 Å². The molecule has 0 aromatic heterocycles. The maximum atomic E-state index is 13.4. The fourth-order valence-corrected chi connectivity index (χ4v) is 7.55. The number of piperidine rings is 2. The molecule has 0 bridgehead atoms. The number of fused-ring (bicyclic) bond motifs is 1. The third kappa shape index (κ3) is 7.05. The van der Waals surface area contributed by atoms with Crippen LogP contribution in [0.5, 0.6) is 5.75 Å². The second-order valence-electron chi connectivity index (χ2n) is 13.5. The molecule has 11 nitrogen and oxygen atoms in total. The van der Waals surface area contributed by atoms with Crippen molar-refractivity contribution in [1.82, 2.24) is 15.1 Å². The minimum Gasteiger partial charge on any atom is -0.492 e. The van der Waals surface area contributed by atoms with Gasteiger partial charge >= 0.3 is 6.18 Å². The molecule has 0 saturated carbocycles. The average Bonchev–Trinajstić information content (AvgIpc) is 3.39. The molecule has 14 heteroatoms. The van der Waals surface area contributed by atoms with Gasteiger partial charge in [-0.05, 0) is 79.3 Å². The summed E-state index contributed by atoms with van der Waals surface area (Å²) in [6, 6.07) is 17.7. The highest BCUT2D eigenvalue weighted by Gasteiger charge is 2.45. The Hall–Kier alpha value is -5.42. The van der Waals surface area contributed by atoms with E-state index >= 15 is 0 Å². The summed E-state index contributed by atoms with van der Waals surface area (Å²) >= 11 is 0. The van der Waals surface area contributed by atoms with Crippen LogP contribution in [0.3, 0.4) is 0 Å². The first-order valence-electron chi connectivity index (χ1n) is 17.4. The molecule has 3 saturated heterocycles. The summed E-state index contributed by atoms with van der Waals surface area (Å²) < 4.78 is 46.4. The van der Waals surface area contributed by atoms with Gasteiger partial charge in [0.15, 0.2) is 0 Å². The van der Waals surface area contributed by atoms with Gasteiger partial charge in [0.25, 0.3) is 11.8 Å². The van der Waals surface area contributed by atoms with Crippen LogP contribution < -0.4 is 19.9 Å². The normalized spacial score (nSPS) is 20.2. The number of hydrogen-bond donors (Lipinski definition) is 1. The molecular formula is C38H37F3N6O5. The molecule has 7 rings (SSSR count). The Morgan fingerprint density at radius 1 is 0.788 bits per heavy atom. The molecule has 1 atom stereocenters. The highest BCUT2D eigenvalue weighted by molar-refractivity contribution is 6.23. The number of piperazine rings is 1.